The van der Waals surface area contributed by atoms with Crippen molar-refractivity contribution in [3.8, 4) is 0 Å². The van der Waals surface area contributed by atoms with E-state index in [2.05, 4.69) is 71.0 Å². The molecule has 3 nitrogen and oxygen atoms in total. The first-order valence-electron chi connectivity index (χ1n) is 13.0. The summed E-state index contributed by atoms with van der Waals surface area (Å²) < 4.78 is 5.65. The van der Waals surface area contributed by atoms with Crippen molar-refractivity contribution in [3.05, 3.63) is 158 Å². The molecule has 0 radical (unpaired) electrons. The molecule has 6 aromatic carbocycles. The SMILES string of the molecule is c1ccc(Nc2ccccc2)cc1.c1ccc2c(c1)[nH]c1ccccc12.c1ccc2c(c1)oc1ccccc12. The number of benzene rings is 6. The van der Waals surface area contributed by atoms with E-state index >= 15 is 0 Å². The van der Waals surface area contributed by atoms with Crippen LogP contribution in [0, 0.1) is 0 Å². The van der Waals surface area contributed by atoms with E-state index < -0.39 is 0 Å². The topological polar surface area (TPSA) is 41.0 Å². The maximum Gasteiger partial charge on any atom is 0.135 e. The predicted molar refractivity (Wildman–Crippen MR) is 166 cm³/mol. The molecular formula is C36H28N2O. The largest absolute Gasteiger partial charge is 0.456 e. The summed E-state index contributed by atoms with van der Waals surface area (Å²) >= 11 is 0. The lowest BCUT2D eigenvalue weighted by atomic mass is 10.2. The number of aromatic amines is 1. The summed E-state index contributed by atoms with van der Waals surface area (Å²) in [6.45, 7) is 0. The van der Waals surface area contributed by atoms with Crippen LogP contribution in [0.15, 0.2) is 162 Å². The normalized spacial score (nSPS) is 10.6. The highest BCUT2D eigenvalue weighted by Gasteiger charge is 2.03. The number of hydrogen-bond acceptors (Lipinski definition) is 2. The van der Waals surface area contributed by atoms with Gasteiger partial charge in [0.25, 0.3) is 0 Å². The quantitative estimate of drug-likeness (QED) is 0.246. The number of furan rings is 1. The number of para-hydroxylation sites is 6. The maximum absolute atomic E-state index is 5.65. The van der Waals surface area contributed by atoms with Crippen molar-refractivity contribution >= 4 is 55.1 Å². The molecule has 0 bridgehead atoms. The van der Waals surface area contributed by atoms with Crippen LogP contribution in [0.5, 0.6) is 0 Å². The number of nitrogens with one attached hydrogen (secondary N) is 2. The molecule has 0 unspecified atom stereocenters. The molecular weight excluding hydrogens is 476 g/mol. The summed E-state index contributed by atoms with van der Waals surface area (Å²) in [6, 6.07) is 53.3. The van der Waals surface area contributed by atoms with Gasteiger partial charge in [0.2, 0.25) is 0 Å². The number of aromatic nitrogens is 1. The van der Waals surface area contributed by atoms with Crippen LogP contribution in [-0.2, 0) is 0 Å². The van der Waals surface area contributed by atoms with E-state index in [0.717, 1.165) is 22.5 Å². The molecule has 0 saturated heterocycles. The van der Waals surface area contributed by atoms with Crippen LogP contribution < -0.4 is 5.32 Å². The summed E-state index contributed by atoms with van der Waals surface area (Å²) in [7, 11) is 0. The Bertz CT molecular complexity index is 1690. The molecule has 0 aliphatic heterocycles. The summed E-state index contributed by atoms with van der Waals surface area (Å²) in [4.78, 5) is 3.38. The number of fused-ring (bicyclic) bond motifs is 6. The maximum atomic E-state index is 5.65. The number of anilines is 2. The van der Waals surface area contributed by atoms with Gasteiger partial charge in [-0.1, -0.05) is 109 Å². The Kier molecular flexibility index (Phi) is 7.04. The first-order chi connectivity index (χ1) is 19.3. The summed E-state index contributed by atoms with van der Waals surface area (Å²) in [5.74, 6) is 0. The number of hydrogen-bond donors (Lipinski definition) is 2. The van der Waals surface area contributed by atoms with Crippen LogP contribution in [0.1, 0.15) is 0 Å². The highest BCUT2D eigenvalue weighted by Crippen LogP contribution is 2.27. The smallest absolute Gasteiger partial charge is 0.135 e. The van der Waals surface area contributed by atoms with E-state index in [1.165, 1.54) is 32.6 Å². The van der Waals surface area contributed by atoms with Gasteiger partial charge in [-0.05, 0) is 48.5 Å². The molecule has 8 aromatic rings. The van der Waals surface area contributed by atoms with Gasteiger partial charge in [-0.3, -0.25) is 0 Å². The van der Waals surface area contributed by atoms with Crippen molar-refractivity contribution < 1.29 is 4.42 Å². The highest BCUT2D eigenvalue weighted by molar-refractivity contribution is 6.07. The fraction of sp³-hybridized carbons (Fsp3) is 0. The van der Waals surface area contributed by atoms with Crippen LogP contribution in [-0.4, -0.2) is 4.98 Å². The van der Waals surface area contributed by atoms with Gasteiger partial charge in [0.15, 0.2) is 0 Å². The van der Waals surface area contributed by atoms with E-state index in [4.69, 9.17) is 4.42 Å². The monoisotopic (exact) mass is 504 g/mol. The molecule has 39 heavy (non-hydrogen) atoms. The Balaban J connectivity index is 0.000000106. The summed E-state index contributed by atoms with van der Waals surface area (Å²) in [6.07, 6.45) is 0. The Morgan fingerprint density at radius 1 is 0.359 bits per heavy atom. The van der Waals surface area contributed by atoms with Crippen molar-refractivity contribution in [1.82, 2.24) is 4.98 Å². The zero-order valence-electron chi connectivity index (χ0n) is 21.4. The number of H-pyrrole nitrogens is 1. The lowest BCUT2D eigenvalue weighted by Gasteiger charge is -2.04. The lowest BCUT2D eigenvalue weighted by molar-refractivity contribution is 0.669. The minimum absolute atomic E-state index is 0.962. The fourth-order valence-corrected chi connectivity index (χ4v) is 4.68. The molecule has 0 aliphatic rings. The molecule has 2 N–H and O–H groups in total. The standard InChI is InChI=1S/C12H9N.C12H11N.C12H8O/c1-3-7-11-9(5-1)10-6-2-4-8-12(10)13-11;1-3-7-11(8-4-1)13-12-9-5-2-6-10-12;1-3-7-11-9(5-1)10-6-2-4-8-12(10)13-11/h1-8,13H;1-10,13H;1-8H. The first-order valence-corrected chi connectivity index (χ1v) is 13.0. The average Bonchev–Trinajstić information content (AvgIpc) is 3.58. The van der Waals surface area contributed by atoms with Gasteiger partial charge in [0, 0.05) is 44.0 Å². The highest BCUT2D eigenvalue weighted by atomic mass is 16.3. The van der Waals surface area contributed by atoms with Gasteiger partial charge in [0.05, 0.1) is 0 Å². The van der Waals surface area contributed by atoms with Crippen LogP contribution >= 0.6 is 0 Å². The first kappa shape index (κ1) is 24.1. The Morgan fingerprint density at radius 3 is 1.18 bits per heavy atom. The van der Waals surface area contributed by atoms with Crippen molar-refractivity contribution in [2.24, 2.45) is 0 Å². The van der Waals surface area contributed by atoms with Crippen LogP contribution in [0.3, 0.4) is 0 Å². The molecule has 2 aromatic heterocycles. The molecule has 0 atom stereocenters. The Labute approximate surface area is 227 Å². The zero-order chi connectivity index (χ0) is 26.3. The van der Waals surface area contributed by atoms with Crippen LogP contribution in [0.4, 0.5) is 11.4 Å². The van der Waals surface area contributed by atoms with Crippen LogP contribution in [0.2, 0.25) is 0 Å². The Morgan fingerprint density at radius 2 is 0.718 bits per heavy atom. The van der Waals surface area contributed by atoms with Gasteiger partial charge >= 0.3 is 0 Å². The minimum Gasteiger partial charge on any atom is -0.456 e. The van der Waals surface area contributed by atoms with E-state index in [9.17, 15) is 0 Å². The van der Waals surface area contributed by atoms with Crippen molar-refractivity contribution in [3.63, 3.8) is 0 Å². The molecule has 0 aliphatic carbocycles. The van der Waals surface area contributed by atoms with E-state index in [1.54, 1.807) is 0 Å². The van der Waals surface area contributed by atoms with Gasteiger partial charge in [0.1, 0.15) is 11.2 Å². The molecule has 0 saturated carbocycles. The van der Waals surface area contributed by atoms with E-state index in [1.807, 2.05) is 97.1 Å². The third-order valence-electron chi connectivity index (χ3n) is 6.53. The molecule has 0 spiro atoms. The third kappa shape index (κ3) is 5.53. The van der Waals surface area contributed by atoms with Gasteiger partial charge in [-0.2, -0.15) is 0 Å². The van der Waals surface area contributed by atoms with Crippen LogP contribution in [0.25, 0.3) is 43.7 Å². The molecule has 8 rings (SSSR count). The zero-order valence-corrected chi connectivity index (χ0v) is 21.4. The minimum atomic E-state index is 0.962. The number of rotatable bonds is 2. The molecule has 0 amide bonds. The van der Waals surface area contributed by atoms with Crippen molar-refractivity contribution in [1.29, 1.82) is 0 Å². The summed E-state index contributed by atoms with van der Waals surface area (Å²) in [5, 5.41) is 8.30. The third-order valence-corrected chi connectivity index (χ3v) is 6.53. The lowest BCUT2D eigenvalue weighted by Crippen LogP contribution is -1.87. The fourth-order valence-electron chi connectivity index (χ4n) is 4.68. The van der Waals surface area contributed by atoms with E-state index in [0.29, 0.717) is 0 Å². The molecule has 188 valence electrons. The second-order valence-electron chi connectivity index (χ2n) is 9.17. The summed E-state index contributed by atoms with van der Waals surface area (Å²) in [5.41, 5.74) is 6.59. The van der Waals surface area contributed by atoms with Gasteiger partial charge in [-0.15, -0.1) is 0 Å². The predicted octanol–water partition coefficient (Wildman–Crippen LogP) is 10.3. The molecule has 3 heteroatoms. The van der Waals surface area contributed by atoms with Crippen molar-refractivity contribution in [2.45, 2.75) is 0 Å². The van der Waals surface area contributed by atoms with Gasteiger partial charge in [-0.25, -0.2) is 0 Å². The second-order valence-corrected chi connectivity index (χ2v) is 9.17. The molecule has 0 fully saturated rings. The molecule has 2 heterocycles. The van der Waals surface area contributed by atoms with Crippen molar-refractivity contribution in [2.75, 3.05) is 5.32 Å². The Hall–Kier alpha value is -5.28. The van der Waals surface area contributed by atoms with E-state index in [-0.39, 0.29) is 0 Å². The van der Waals surface area contributed by atoms with Gasteiger partial charge < -0.3 is 14.7 Å². The second kappa shape index (κ2) is 11.4. The average molecular weight is 505 g/mol.